The second kappa shape index (κ2) is 8.52. The minimum Gasteiger partial charge on any atom is -0.395 e. The molecule has 1 saturated heterocycles. The van der Waals surface area contributed by atoms with Gasteiger partial charge in [0.25, 0.3) is 11.3 Å². The number of ether oxygens (including phenoxy) is 1. The number of benzene rings is 1. The molecule has 1 aromatic carbocycles. The van der Waals surface area contributed by atoms with Crippen LogP contribution in [-0.2, 0) is 17.9 Å². The molecule has 11 nitrogen and oxygen atoms in total. The molecule has 4 heterocycles. The normalized spacial score (nSPS) is 14.6. The van der Waals surface area contributed by atoms with Crippen LogP contribution >= 0.6 is 0 Å². The lowest BCUT2D eigenvalue weighted by molar-refractivity contribution is 0.181. The number of aliphatic hydroxyl groups excluding tert-OH is 1. The number of anilines is 2. The van der Waals surface area contributed by atoms with Crippen LogP contribution in [0, 0.1) is 0 Å². The highest BCUT2D eigenvalue weighted by Crippen LogP contribution is 2.23. The van der Waals surface area contributed by atoms with Crippen molar-refractivity contribution in [2.45, 2.75) is 13.2 Å². The maximum atomic E-state index is 12.5. The molecular formula is C21H24N8O3. The van der Waals surface area contributed by atoms with Gasteiger partial charge in [-0.2, -0.15) is 14.6 Å². The van der Waals surface area contributed by atoms with Crippen LogP contribution in [0.4, 0.5) is 11.5 Å². The van der Waals surface area contributed by atoms with Crippen LogP contribution < -0.4 is 15.4 Å². The number of piperazine rings is 1. The molecule has 0 atom stereocenters. The van der Waals surface area contributed by atoms with E-state index in [2.05, 4.69) is 29.9 Å². The average molecular weight is 436 g/mol. The zero-order chi connectivity index (χ0) is 22.1. The lowest BCUT2D eigenvalue weighted by Gasteiger charge is -2.37. The largest absolute Gasteiger partial charge is 0.395 e. The summed E-state index contributed by atoms with van der Waals surface area (Å²) in [5.74, 6) is 1.51. The molecule has 0 aliphatic carbocycles. The lowest BCUT2D eigenvalue weighted by Crippen LogP contribution is -2.47. The first-order valence-corrected chi connectivity index (χ1v) is 10.5. The number of rotatable bonds is 6. The summed E-state index contributed by atoms with van der Waals surface area (Å²) >= 11 is 0. The van der Waals surface area contributed by atoms with Crippen molar-refractivity contribution < 1.29 is 9.84 Å². The maximum Gasteiger partial charge on any atom is 0.261 e. The number of aromatic nitrogens is 6. The average Bonchev–Trinajstić information content (AvgIpc) is 3.29. The van der Waals surface area contributed by atoms with Crippen molar-refractivity contribution in [2.75, 3.05) is 49.7 Å². The molecule has 1 aliphatic rings. The molecular weight excluding hydrogens is 412 g/mol. The molecule has 0 spiro atoms. The van der Waals surface area contributed by atoms with Crippen molar-refractivity contribution in [3.8, 4) is 0 Å². The van der Waals surface area contributed by atoms with E-state index in [-0.39, 0.29) is 18.7 Å². The van der Waals surface area contributed by atoms with E-state index in [1.165, 1.54) is 17.2 Å². The third-order valence-corrected chi connectivity index (χ3v) is 5.70. The smallest absolute Gasteiger partial charge is 0.261 e. The fraction of sp³-hybridized carbons (Fsp3) is 0.381. The van der Waals surface area contributed by atoms with Gasteiger partial charge < -0.3 is 19.6 Å². The summed E-state index contributed by atoms with van der Waals surface area (Å²) in [7, 11) is 1.65. The highest BCUT2D eigenvalue weighted by atomic mass is 16.5. The second-order valence-corrected chi connectivity index (χ2v) is 7.65. The van der Waals surface area contributed by atoms with E-state index in [1.807, 2.05) is 24.3 Å². The molecule has 0 radical (unpaired) electrons. The molecule has 4 aromatic rings. The third-order valence-electron chi connectivity index (χ3n) is 5.70. The summed E-state index contributed by atoms with van der Waals surface area (Å²) in [6, 6.07) is 7.73. The van der Waals surface area contributed by atoms with Crippen molar-refractivity contribution in [3.05, 3.63) is 53.0 Å². The Morgan fingerprint density at radius 2 is 1.91 bits per heavy atom. The fourth-order valence-corrected chi connectivity index (χ4v) is 4.10. The maximum absolute atomic E-state index is 12.5. The van der Waals surface area contributed by atoms with E-state index >= 15 is 0 Å². The SMILES string of the molecule is COCc1cc(N2CCN(c3ccc4c(=O)n(CCO)cnc4c3)CC2)n2ncnc2n1. The Labute approximate surface area is 183 Å². The summed E-state index contributed by atoms with van der Waals surface area (Å²) in [4.78, 5) is 30.2. The molecule has 166 valence electrons. The molecule has 5 rings (SSSR count). The topological polar surface area (TPSA) is 114 Å². The highest BCUT2D eigenvalue weighted by Gasteiger charge is 2.21. The Balaban J connectivity index is 1.36. The number of methoxy groups -OCH3 is 1. The van der Waals surface area contributed by atoms with Gasteiger partial charge in [-0.3, -0.25) is 9.36 Å². The molecule has 1 aliphatic heterocycles. The van der Waals surface area contributed by atoms with Crippen LogP contribution in [-0.4, -0.2) is 74.1 Å². The van der Waals surface area contributed by atoms with Gasteiger partial charge in [0.05, 0.1) is 42.7 Å². The molecule has 11 heteroatoms. The van der Waals surface area contributed by atoms with Gasteiger partial charge in [0.15, 0.2) is 0 Å². The summed E-state index contributed by atoms with van der Waals surface area (Å²) in [5, 5.41) is 14.0. The summed E-state index contributed by atoms with van der Waals surface area (Å²) < 4.78 is 8.43. The quantitative estimate of drug-likeness (QED) is 0.456. The molecule has 0 bridgehead atoms. The molecule has 0 amide bonds. The first-order chi connectivity index (χ1) is 15.7. The van der Waals surface area contributed by atoms with Crippen LogP contribution in [0.25, 0.3) is 16.7 Å². The minimum absolute atomic E-state index is 0.0964. The summed E-state index contributed by atoms with van der Waals surface area (Å²) in [6.45, 7) is 3.78. The minimum atomic E-state index is -0.137. The van der Waals surface area contributed by atoms with Crippen molar-refractivity contribution in [2.24, 2.45) is 0 Å². The predicted octanol–water partition coefficient (Wildman–Crippen LogP) is 0.300. The van der Waals surface area contributed by atoms with E-state index in [9.17, 15) is 4.79 Å². The van der Waals surface area contributed by atoms with Gasteiger partial charge in [0.1, 0.15) is 12.1 Å². The van der Waals surface area contributed by atoms with Gasteiger partial charge >= 0.3 is 0 Å². The van der Waals surface area contributed by atoms with Gasteiger partial charge in [-0.25, -0.2) is 9.97 Å². The number of nitrogens with zero attached hydrogens (tertiary/aromatic N) is 8. The van der Waals surface area contributed by atoms with Crippen LogP contribution in [0.3, 0.4) is 0 Å². The van der Waals surface area contributed by atoms with Crippen molar-refractivity contribution in [3.63, 3.8) is 0 Å². The Morgan fingerprint density at radius 3 is 2.69 bits per heavy atom. The molecule has 1 fully saturated rings. The van der Waals surface area contributed by atoms with Crippen LogP contribution in [0.5, 0.6) is 0 Å². The van der Waals surface area contributed by atoms with Gasteiger partial charge in [-0.05, 0) is 18.2 Å². The molecule has 0 unspecified atom stereocenters. The lowest BCUT2D eigenvalue weighted by atomic mass is 10.2. The molecule has 0 saturated carbocycles. The van der Waals surface area contributed by atoms with Crippen molar-refractivity contribution >= 4 is 28.2 Å². The number of aliphatic hydroxyl groups is 1. The van der Waals surface area contributed by atoms with E-state index in [4.69, 9.17) is 9.84 Å². The zero-order valence-electron chi connectivity index (χ0n) is 17.8. The highest BCUT2D eigenvalue weighted by molar-refractivity contribution is 5.81. The van der Waals surface area contributed by atoms with E-state index in [1.54, 1.807) is 11.6 Å². The van der Waals surface area contributed by atoms with E-state index in [0.717, 1.165) is 43.4 Å². The first kappa shape index (κ1) is 20.3. The Bertz CT molecular complexity index is 1310. The van der Waals surface area contributed by atoms with Crippen molar-refractivity contribution in [1.29, 1.82) is 0 Å². The number of hydrogen-bond acceptors (Lipinski definition) is 9. The number of hydrogen-bond donors (Lipinski definition) is 1. The number of fused-ring (bicyclic) bond motifs is 2. The Hall–Kier alpha value is -3.57. The van der Waals surface area contributed by atoms with E-state index in [0.29, 0.717) is 23.3 Å². The van der Waals surface area contributed by atoms with Gasteiger partial charge in [-0.15, -0.1) is 0 Å². The van der Waals surface area contributed by atoms with Crippen molar-refractivity contribution in [1.82, 2.24) is 29.1 Å². The second-order valence-electron chi connectivity index (χ2n) is 7.65. The zero-order valence-corrected chi connectivity index (χ0v) is 17.8. The van der Waals surface area contributed by atoms with Gasteiger partial charge in [-0.1, -0.05) is 0 Å². The predicted molar refractivity (Wildman–Crippen MR) is 119 cm³/mol. The Kier molecular flexibility index (Phi) is 5.41. The van der Waals surface area contributed by atoms with Crippen LogP contribution in [0.1, 0.15) is 5.69 Å². The van der Waals surface area contributed by atoms with Gasteiger partial charge in [0, 0.05) is 45.0 Å². The molecule has 3 aromatic heterocycles. The van der Waals surface area contributed by atoms with E-state index < -0.39 is 0 Å². The van der Waals surface area contributed by atoms with Gasteiger partial charge in [0.2, 0.25) is 0 Å². The molecule has 1 N–H and O–H groups in total. The standard InChI is InChI=1S/C21H24N8O3/c1-32-12-15-10-19(29-21(25-15)22-13-24-29)27-6-4-26(5-7-27)16-2-3-17-18(11-16)23-14-28(8-9-30)20(17)31/h2-3,10-11,13-14,30H,4-9,12H2,1H3. The monoisotopic (exact) mass is 436 g/mol. The van der Waals surface area contributed by atoms with Crippen LogP contribution in [0.2, 0.25) is 0 Å². The third kappa shape index (κ3) is 3.65. The first-order valence-electron chi connectivity index (χ1n) is 10.5. The Morgan fingerprint density at radius 1 is 1.09 bits per heavy atom. The summed E-state index contributed by atoms with van der Waals surface area (Å²) in [5.41, 5.74) is 2.37. The summed E-state index contributed by atoms with van der Waals surface area (Å²) in [6.07, 6.45) is 3.00. The van der Waals surface area contributed by atoms with Crippen LogP contribution in [0.15, 0.2) is 41.7 Å². The fourth-order valence-electron chi connectivity index (χ4n) is 4.10. The molecule has 32 heavy (non-hydrogen) atoms.